The zero-order valence-corrected chi connectivity index (χ0v) is 17.2. The summed E-state index contributed by atoms with van der Waals surface area (Å²) in [5.74, 6) is 0.823. The van der Waals surface area contributed by atoms with E-state index in [4.69, 9.17) is 9.40 Å². The van der Waals surface area contributed by atoms with Crippen molar-refractivity contribution < 1.29 is 14.1 Å². The molecular formula is C19H25N7O4. The number of hydrogen-bond acceptors (Lipinski definition) is 9. The SMILES string of the molecule is Cc1cc(N2CCN(C)CC2)nc(N2CCN(C(=O)c3ccc([N+](=O)[O-])o3)CC2)n1. The minimum atomic E-state index is -0.651. The van der Waals surface area contributed by atoms with E-state index in [2.05, 4.69) is 26.7 Å². The Hall–Kier alpha value is -3.21. The molecule has 0 aliphatic carbocycles. The quantitative estimate of drug-likeness (QED) is 0.533. The summed E-state index contributed by atoms with van der Waals surface area (Å²) in [6, 6.07) is 4.56. The predicted molar refractivity (Wildman–Crippen MR) is 110 cm³/mol. The molecule has 0 unspecified atom stereocenters. The van der Waals surface area contributed by atoms with Gasteiger partial charge in [0.25, 0.3) is 5.91 Å². The third kappa shape index (κ3) is 4.20. The van der Waals surface area contributed by atoms with Gasteiger partial charge in [0.15, 0.2) is 5.76 Å². The Morgan fingerprint density at radius 3 is 2.33 bits per heavy atom. The fraction of sp³-hybridized carbons (Fsp3) is 0.526. The number of furan rings is 1. The van der Waals surface area contributed by atoms with E-state index in [1.54, 1.807) is 4.90 Å². The maximum Gasteiger partial charge on any atom is 0.433 e. The van der Waals surface area contributed by atoms with Gasteiger partial charge in [-0.05, 0) is 20.0 Å². The van der Waals surface area contributed by atoms with Gasteiger partial charge in [-0.25, -0.2) is 4.98 Å². The van der Waals surface area contributed by atoms with Gasteiger partial charge in [0, 0.05) is 64.1 Å². The van der Waals surface area contributed by atoms with E-state index in [0.29, 0.717) is 32.1 Å². The second kappa shape index (κ2) is 8.27. The Kier molecular flexibility index (Phi) is 5.53. The molecular weight excluding hydrogens is 390 g/mol. The average molecular weight is 415 g/mol. The molecule has 0 aromatic carbocycles. The van der Waals surface area contributed by atoms with Gasteiger partial charge in [0.2, 0.25) is 5.95 Å². The highest BCUT2D eigenvalue weighted by molar-refractivity contribution is 5.92. The van der Waals surface area contributed by atoms with E-state index in [1.807, 2.05) is 13.0 Å². The predicted octanol–water partition coefficient (Wildman–Crippen LogP) is 1.00. The highest BCUT2D eigenvalue weighted by Gasteiger charge is 2.27. The number of aromatic nitrogens is 2. The minimum absolute atomic E-state index is 0.0145. The minimum Gasteiger partial charge on any atom is -0.395 e. The number of amides is 1. The van der Waals surface area contributed by atoms with Gasteiger partial charge in [-0.15, -0.1) is 0 Å². The lowest BCUT2D eigenvalue weighted by Gasteiger charge is -2.36. The molecule has 2 aromatic heterocycles. The third-order valence-corrected chi connectivity index (χ3v) is 5.49. The van der Waals surface area contributed by atoms with Gasteiger partial charge in [-0.2, -0.15) is 4.98 Å². The van der Waals surface area contributed by atoms with Crippen LogP contribution in [0.25, 0.3) is 0 Å². The van der Waals surface area contributed by atoms with Crippen LogP contribution in [-0.4, -0.2) is 90.0 Å². The molecule has 2 saturated heterocycles. The number of likely N-dealkylation sites (N-methyl/N-ethyl adjacent to an activating group) is 1. The van der Waals surface area contributed by atoms with Gasteiger partial charge in [-0.3, -0.25) is 14.9 Å². The number of hydrogen-bond donors (Lipinski definition) is 0. The van der Waals surface area contributed by atoms with Crippen molar-refractivity contribution in [1.82, 2.24) is 19.8 Å². The highest BCUT2D eigenvalue weighted by atomic mass is 16.6. The van der Waals surface area contributed by atoms with Gasteiger partial charge in [0.05, 0.1) is 6.07 Å². The molecule has 11 heteroatoms. The topological polar surface area (TPSA) is 112 Å². The first kappa shape index (κ1) is 20.1. The summed E-state index contributed by atoms with van der Waals surface area (Å²) in [6.07, 6.45) is 0. The summed E-state index contributed by atoms with van der Waals surface area (Å²) >= 11 is 0. The fourth-order valence-corrected chi connectivity index (χ4v) is 3.68. The maximum absolute atomic E-state index is 12.6. The van der Waals surface area contributed by atoms with Crippen LogP contribution in [0.5, 0.6) is 0 Å². The fourth-order valence-electron chi connectivity index (χ4n) is 3.68. The molecule has 4 heterocycles. The number of carbonyl (C=O) groups excluding carboxylic acids is 1. The largest absolute Gasteiger partial charge is 0.433 e. The van der Waals surface area contributed by atoms with Gasteiger partial charge in [-0.1, -0.05) is 0 Å². The van der Waals surface area contributed by atoms with E-state index >= 15 is 0 Å². The monoisotopic (exact) mass is 415 g/mol. The van der Waals surface area contributed by atoms with Crippen LogP contribution in [0, 0.1) is 17.0 Å². The Morgan fingerprint density at radius 1 is 1.03 bits per heavy atom. The number of nitro groups is 1. The van der Waals surface area contributed by atoms with Crippen molar-refractivity contribution in [3.05, 3.63) is 39.8 Å². The molecule has 1 amide bonds. The van der Waals surface area contributed by atoms with E-state index in [0.717, 1.165) is 37.7 Å². The lowest BCUT2D eigenvalue weighted by atomic mass is 10.3. The molecule has 0 saturated carbocycles. The Bertz CT molecular complexity index is 931. The first-order valence-electron chi connectivity index (χ1n) is 9.98. The second-order valence-corrected chi connectivity index (χ2v) is 7.63. The van der Waals surface area contributed by atoms with Gasteiger partial charge < -0.3 is 24.0 Å². The molecule has 0 radical (unpaired) electrons. The van der Waals surface area contributed by atoms with Crippen LogP contribution in [0.4, 0.5) is 17.7 Å². The Labute approximate surface area is 174 Å². The van der Waals surface area contributed by atoms with Crippen molar-refractivity contribution in [3.8, 4) is 0 Å². The number of nitrogens with zero attached hydrogens (tertiary/aromatic N) is 7. The van der Waals surface area contributed by atoms with Crippen molar-refractivity contribution in [2.45, 2.75) is 6.92 Å². The molecule has 160 valence electrons. The molecule has 2 aromatic rings. The van der Waals surface area contributed by atoms with Crippen molar-refractivity contribution in [2.75, 3.05) is 69.2 Å². The molecule has 2 aliphatic rings. The average Bonchev–Trinajstić information content (AvgIpc) is 3.24. The smallest absolute Gasteiger partial charge is 0.395 e. The summed E-state index contributed by atoms with van der Waals surface area (Å²) in [5, 5.41) is 10.8. The molecule has 11 nitrogen and oxygen atoms in total. The second-order valence-electron chi connectivity index (χ2n) is 7.63. The standard InChI is InChI=1S/C19H25N7O4/c1-14-13-16(23-7-5-22(2)6-8-23)21-19(20-14)25-11-9-24(10-12-25)18(27)15-3-4-17(30-15)26(28)29/h3-4,13H,5-12H2,1-2H3. The molecule has 4 rings (SSSR count). The van der Waals surface area contributed by atoms with E-state index in [1.165, 1.54) is 12.1 Å². The summed E-state index contributed by atoms with van der Waals surface area (Å²) in [7, 11) is 2.12. The van der Waals surface area contributed by atoms with Crippen LogP contribution in [-0.2, 0) is 0 Å². The Morgan fingerprint density at radius 2 is 1.70 bits per heavy atom. The van der Waals surface area contributed by atoms with Crippen molar-refractivity contribution >= 4 is 23.6 Å². The lowest BCUT2D eigenvalue weighted by molar-refractivity contribution is -0.402. The van der Waals surface area contributed by atoms with E-state index < -0.39 is 10.8 Å². The molecule has 2 aliphatic heterocycles. The molecule has 30 heavy (non-hydrogen) atoms. The number of aryl methyl sites for hydroxylation is 1. The summed E-state index contributed by atoms with van der Waals surface area (Å²) in [6.45, 7) is 7.94. The molecule has 0 atom stereocenters. The summed E-state index contributed by atoms with van der Waals surface area (Å²) in [5.41, 5.74) is 0.912. The van der Waals surface area contributed by atoms with Gasteiger partial charge in [0.1, 0.15) is 10.7 Å². The van der Waals surface area contributed by atoms with Crippen molar-refractivity contribution in [1.29, 1.82) is 0 Å². The van der Waals surface area contributed by atoms with Crippen LogP contribution in [0.3, 0.4) is 0 Å². The third-order valence-electron chi connectivity index (χ3n) is 5.49. The first-order chi connectivity index (χ1) is 14.4. The normalized spacial score (nSPS) is 18.0. The van der Waals surface area contributed by atoms with E-state index in [9.17, 15) is 14.9 Å². The number of piperazine rings is 2. The van der Waals surface area contributed by atoms with Gasteiger partial charge >= 0.3 is 5.88 Å². The number of anilines is 2. The van der Waals surface area contributed by atoms with Crippen molar-refractivity contribution in [2.24, 2.45) is 0 Å². The van der Waals surface area contributed by atoms with Crippen molar-refractivity contribution in [3.63, 3.8) is 0 Å². The Balaban J connectivity index is 1.41. The first-order valence-corrected chi connectivity index (χ1v) is 9.98. The number of carbonyl (C=O) groups is 1. The lowest BCUT2D eigenvalue weighted by Crippen LogP contribution is -2.49. The molecule has 2 fully saturated rings. The molecule has 0 spiro atoms. The molecule has 0 N–H and O–H groups in total. The maximum atomic E-state index is 12.6. The zero-order valence-electron chi connectivity index (χ0n) is 17.2. The van der Waals surface area contributed by atoms with E-state index in [-0.39, 0.29) is 11.7 Å². The van der Waals surface area contributed by atoms with Crippen LogP contribution in [0.1, 0.15) is 16.2 Å². The molecule has 0 bridgehead atoms. The van der Waals surface area contributed by atoms with Crippen LogP contribution >= 0.6 is 0 Å². The summed E-state index contributed by atoms with van der Waals surface area (Å²) < 4.78 is 5.04. The zero-order chi connectivity index (χ0) is 21.3. The van der Waals surface area contributed by atoms with Crippen LogP contribution in [0.2, 0.25) is 0 Å². The number of rotatable bonds is 4. The van der Waals surface area contributed by atoms with Crippen LogP contribution < -0.4 is 9.80 Å². The highest BCUT2D eigenvalue weighted by Crippen LogP contribution is 2.21. The summed E-state index contributed by atoms with van der Waals surface area (Å²) in [4.78, 5) is 40.3. The van der Waals surface area contributed by atoms with Crippen LogP contribution in [0.15, 0.2) is 22.6 Å².